The van der Waals surface area contributed by atoms with Gasteiger partial charge < -0.3 is 5.32 Å². The van der Waals surface area contributed by atoms with Gasteiger partial charge in [0.15, 0.2) is 0 Å². The molecule has 0 aromatic rings. The van der Waals surface area contributed by atoms with Crippen molar-refractivity contribution < 1.29 is 9.59 Å². The third-order valence-corrected chi connectivity index (χ3v) is 10.8. The Bertz CT molecular complexity index is 489. The number of carbonyl (C=O) groups excluding carboxylic acids is 2. The van der Waals surface area contributed by atoms with Crippen LogP contribution in [0.25, 0.3) is 0 Å². The summed E-state index contributed by atoms with van der Waals surface area (Å²) in [5.74, 6) is 1.56. The molecule has 0 atom stereocenters. The summed E-state index contributed by atoms with van der Waals surface area (Å²) in [7, 11) is 3.70. The van der Waals surface area contributed by atoms with Gasteiger partial charge in [-0.15, -0.1) is 0 Å². The van der Waals surface area contributed by atoms with Crippen LogP contribution in [-0.4, -0.2) is 28.7 Å². The molecule has 0 heterocycles. The van der Waals surface area contributed by atoms with Gasteiger partial charge >= 0.3 is 0 Å². The Hall–Kier alpha value is -0.160. The molecule has 0 saturated carbocycles. The van der Waals surface area contributed by atoms with Crippen LogP contribution in [0.4, 0.5) is 0 Å². The number of nitrogens with one attached hydrogen (secondary N) is 1. The molecule has 0 radical (unpaired) electrons. The molecule has 0 aliphatic carbocycles. The Kier molecular flexibility index (Phi) is 14.7. The maximum atomic E-state index is 12.6. The van der Waals surface area contributed by atoms with Crippen LogP contribution in [0.3, 0.4) is 0 Å². The van der Waals surface area contributed by atoms with Crippen molar-refractivity contribution >= 4 is 33.3 Å². The lowest BCUT2D eigenvalue weighted by Gasteiger charge is -2.30. The van der Waals surface area contributed by atoms with Crippen molar-refractivity contribution in [2.45, 2.75) is 124 Å². The molecular formula is C25H49NO2S2. The van der Waals surface area contributed by atoms with Crippen molar-refractivity contribution in [1.82, 2.24) is 5.32 Å². The van der Waals surface area contributed by atoms with E-state index in [0.717, 1.165) is 44.4 Å². The number of carbonyl (C=O) groups is 2. The molecule has 30 heavy (non-hydrogen) atoms. The lowest BCUT2D eigenvalue weighted by Crippen LogP contribution is -2.29. The molecule has 5 heteroatoms. The second kappa shape index (κ2) is 14.8. The Balaban J connectivity index is 4.05. The molecule has 1 N–H and O–H groups in total. The van der Waals surface area contributed by atoms with Crippen LogP contribution < -0.4 is 5.32 Å². The molecule has 0 aliphatic rings. The standard InChI is InChI=1S/C25H49NO2S2/c1-9-24(8,10-2)21(27)16-17-23(6,7)30-29-20-14-15-22(28)26-19-18-25(11-3,12-4)13-5/h9-20H2,1-8H3,(H,26,28). The van der Waals surface area contributed by atoms with Gasteiger partial charge in [0.25, 0.3) is 0 Å². The van der Waals surface area contributed by atoms with Gasteiger partial charge in [-0.1, -0.05) is 82.4 Å². The van der Waals surface area contributed by atoms with Crippen molar-refractivity contribution in [2.75, 3.05) is 12.3 Å². The van der Waals surface area contributed by atoms with Crippen LogP contribution in [0.1, 0.15) is 120 Å². The first-order valence-electron chi connectivity index (χ1n) is 12.1. The molecular weight excluding hydrogens is 410 g/mol. The molecule has 0 aliphatic heterocycles. The van der Waals surface area contributed by atoms with E-state index in [1.54, 1.807) is 0 Å². The third-order valence-electron chi connectivity index (χ3n) is 7.33. The van der Waals surface area contributed by atoms with Crippen molar-refractivity contribution in [1.29, 1.82) is 0 Å². The highest BCUT2D eigenvalue weighted by Gasteiger charge is 2.30. The van der Waals surface area contributed by atoms with Gasteiger partial charge in [-0.2, -0.15) is 0 Å². The average Bonchev–Trinajstić information content (AvgIpc) is 2.74. The van der Waals surface area contributed by atoms with Crippen LogP contribution in [0.5, 0.6) is 0 Å². The molecule has 0 saturated heterocycles. The molecule has 0 spiro atoms. The monoisotopic (exact) mass is 459 g/mol. The SMILES string of the molecule is CCC(CC)(CC)CCNC(=O)CCCSSC(C)(C)CCC(=O)C(C)(CC)CC. The number of ketones is 1. The van der Waals surface area contributed by atoms with Gasteiger partial charge in [-0.3, -0.25) is 9.59 Å². The van der Waals surface area contributed by atoms with Gasteiger partial charge in [-0.05, 0) is 51.4 Å². The first-order chi connectivity index (χ1) is 14.0. The average molecular weight is 460 g/mol. The Morgan fingerprint density at radius 2 is 1.37 bits per heavy atom. The van der Waals surface area contributed by atoms with E-state index in [-0.39, 0.29) is 16.1 Å². The molecule has 0 unspecified atom stereocenters. The van der Waals surface area contributed by atoms with E-state index in [4.69, 9.17) is 0 Å². The topological polar surface area (TPSA) is 46.2 Å². The van der Waals surface area contributed by atoms with E-state index in [9.17, 15) is 9.59 Å². The smallest absolute Gasteiger partial charge is 0.220 e. The zero-order chi connectivity index (χ0) is 23.3. The van der Waals surface area contributed by atoms with E-state index in [1.165, 1.54) is 19.3 Å². The summed E-state index contributed by atoms with van der Waals surface area (Å²) >= 11 is 0. The lowest BCUT2D eigenvalue weighted by molar-refractivity contribution is -0.128. The van der Waals surface area contributed by atoms with E-state index < -0.39 is 0 Å². The van der Waals surface area contributed by atoms with E-state index in [1.807, 2.05) is 21.6 Å². The van der Waals surface area contributed by atoms with Crippen LogP contribution in [0.15, 0.2) is 0 Å². The highest BCUT2D eigenvalue weighted by Crippen LogP contribution is 2.40. The van der Waals surface area contributed by atoms with Gasteiger partial charge in [0.2, 0.25) is 5.91 Å². The fourth-order valence-electron chi connectivity index (χ4n) is 3.73. The van der Waals surface area contributed by atoms with Gasteiger partial charge in [0.05, 0.1) is 0 Å². The van der Waals surface area contributed by atoms with Crippen molar-refractivity contribution in [2.24, 2.45) is 10.8 Å². The number of Topliss-reactive ketones (excluding diaryl/α,β-unsaturated/α-hetero) is 1. The number of rotatable bonds is 18. The van der Waals surface area contributed by atoms with Crippen LogP contribution in [0.2, 0.25) is 0 Å². The van der Waals surface area contributed by atoms with E-state index in [2.05, 4.69) is 60.7 Å². The predicted octanol–water partition coefficient (Wildman–Crippen LogP) is 7.82. The van der Waals surface area contributed by atoms with Crippen LogP contribution >= 0.6 is 21.6 Å². The minimum absolute atomic E-state index is 0.0781. The molecule has 1 amide bonds. The normalized spacial score (nSPS) is 12.8. The summed E-state index contributed by atoms with van der Waals surface area (Å²) in [6.07, 6.45) is 9.55. The summed E-state index contributed by atoms with van der Waals surface area (Å²) in [4.78, 5) is 24.7. The fourth-order valence-corrected chi connectivity index (χ4v) is 6.39. The van der Waals surface area contributed by atoms with E-state index in [0.29, 0.717) is 24.0 Å². The first-order valence-corrected chi connectivity index (χ1v) is 14.5. The zero-order valence-electron chi connectivity index (χ0n) is 21.1. The number of amides is 1. The third kappa shape index (κ3) is 10.9. The van der Waals surface area contributed by atoms with Gasteiger partial charge in [0.1, 0.15) is 5.78 Å². The van der Waals surface area contributed by atoms with Gasteiger partial charge in [0, 0.05) is 35.3 Å². The zero-order valence-corrected chi connectivity index (χ0v) is 22.8. The van der Waals surface area contributed by atoms with Crippen molar-refractivity contribution in [3.8, 4) is 0 Å². The highest BCUT2D eigenvalue weighted by atomic mass is 33.1. The Morgan fingerprint density at radius 3 is 1.87 bits per heavy atom. The summed E-state index contributed by atoms with van der Waals surface area (Å²) in [6.45, 7) is 18.3. The summed E-state index contributed by atoms with van der Waals surface area (Å²) < 4.78 is 0.0781. The van der Waals surface area contributed by atoms with Crippen LogP contribution in [0, 0.1) is 10.8 Å². The molecule has 0 aromatic heterocycles. The highest BCUT2D eigenvalue weighted by molar-refractivity contribution is 8.77. The van der Waals surface area contributed by atoms with Crippen LogP contribution in [-0.2, 0) is 9.59 Å². The Morgan fingerprint density at radius 1 is 0.800 bits per heavy atom. The number of hydrogen-bond acceptors (Lipinski definition) is 4. The quantitative estimate of drug-likeness (QED) is 0.168. The molecule has 0 aromatic carbocycles. The largest absolute Gasteiger partial charge is 0.356 e. The minimum Gasteiger partial charge on any atom is -0.356 e. The molecule has 178 valence electrons. The summed E-state index contributed by atoms with van der Waals surface area (Å²) in [5, 5.41) is 3.11. The maximum absolute atomic E-state index is 12.6. The molecule has 0 fully saturated rings. The second-order valence-electron chi connectivity index (χ2n) is 9.62. The first kappa shape index (κ1) is 29.8. The minimum atomic E-state index is -0.160. The summed E-state index contributed by atoms with van der Waals surface area (Å²) in [5.41, 5.74) is 0.227. The molecule has 0 rings (SSSR count). The second-order valence-corrected chi connectivity index (χ2v) is 12.7. The summed E-state index contributed by atoms with van der Waals surface area (Å²) in [6, 6.07) is 0. The number of hydrogen-bond donors (Lipinski definition) is 1. The van der Waals surface area contributed by atoms with Gasteiger partial charge in [-0.25, -0.2) is 0 Å². The van der Waals surface area contributed by atoms with Crippen molar-refractivity contribution in [3.63, 3.8) is 0 Å². The fraction of sp³-hybridized carbons (Fsp3) is 0.920. The maximum Gasteiger partial charge on any atom is 0.220 e. The lowest BCUT2D eigenvalue weighted by atomic mass is 9.77. The van der Waals surface area contributed by atoms with E-state index >= 15 is 0 Å². The Labute approximate surface area is 195 Å². The van der Waals surface area contributed by atoms with Crippen molar-refractivity contribution in [3.05, 3.63) is 0 Å². The molecule has 3 nitrogen and oxygen atoms in total. The molecule has 0 bridgehead atoms. The predicted molar refractivity (Wildman–Crippen MR) is 137 cm³/mol.